The second-order valence-electron chi connectivity index (χ2n) is 5.00. The zero-order valence-corrected chi connectivity index (χ0v) is 14.0. The predicted molar refractivity (Wildman–Crippen MR) is 89.7 cm³/mol. The number of aromatic hydroxyl groups is 2. The molecule has 0 unspecified atom stereocenters. The molecule has 6 nitrogen and oxygen atoms in total. The SMILES string of the molecule is O=S(=O)(Nc1oc(-c2ccc(Cl)cc2F)c(O)c1O)c1ccccc1. The van der Waals surface area contributed by atoms with Crippen molar-refractivity contribution in [1.82, 2.24) is 0 Å². The monoisotopic (exact) mass is 383 g/mol. The minimum atomic E-state index is -4.07. The summed E-state index contributed by atoms with van der Waals surface area (Å²) < 4.78 is 45.7. The van der Waals surface area contributed by atoms with Crippen LogP contribution >= 0.6 is 11.6 Å². The van der Waals surface area contributed by atoms with Crippen LogP contribution in [0.4, 0.5) is 10.3 Å². The Morgan fingerprint density at radius 3 is 2.36 bits per heavy atom. The highest BCUT2D eigenvalue weighted by Gasteiger charge is 2.26. The van der Waals surface area contributed by atoms with Crippen molar-refractivity contribution in [1.29, 1.82) is 0 Å². The van der Waals surface area contributed by atoms with Crippen molar-refractivity contribution in [3.05, 3.63) is 59.4 Å². The van der Waals surface area contributed by atoms with Gasteiger partial charge in [-0.3, -0.25) is 0 Å². The van der Waals surface area contributed by atoms with Gasteiger partial charge in [-0.15, -0.1) is 0 Å². The Labute approximate surface area is 147 Å². The fourth-order valence-electron chi connectivity index (χ4n) is 2.12. The highest BCUT2D eigenvalue weighted by Crippen LogP contribution is 2.46. The van der Waals surface area contributed by atoms with Gasteiger partial charge in [0.1, 0.15) is 5.82 Å². The number of anilines is 1. The molecule has 0 fully saturated rings. The maximum Gasteiger partial charge on any atom is 0.264 e. The van der Waals surface area contributed by atoms with Crippen LogP contribution < -0.4 is 4.72 Å². The molecular weight excluding hydrogens is 373 g/mol. The van der Waals surface area contributed by atoms with E-state index in [0.29, 0.717) is 0 Å². The average Bonchev–Trinajstić information content (AvgIpc) is 2.84. The molecule has 25 heavy (non-hydrogen) atoms. The first kappa shape index (κ1) is 17.1. The number of nitrogens with one attached hydrogen (secondary N) is 1. The van der Waals surface area contributed by atoms with E-state index in [9.17, 15) is 23.0 Å². The number of hydrogen-bond acceptors (Lipinski definition) is 5. The lowest BCUT2D eigenvalue weighted by molar-refractivity contribution is 0.410. The summed E-state index contributed by atoms with van der Waals surface area (Å²) in [6.07, 6.45) is 0. The van der Waals surface area contributed by atoms with Crippen LogP contribution in [0.5, 0.6) is 11.5 Å². The molecule has 0 bridgehead atoms. The summed E-state index contributed by atoms with van der Waals surface area (Å²) in [5.74, 6) is -3.53. The van der Waals surface area contributed by atoms with Gasteiger partial charge in [-0.1, -0.05) is 29.8 Å². The van der Waals surface area contributed by atoms with Gasteiger partial charge >= 0.3 is 0 Å². The van der Waals surface area contributed by atoms with Crippen molar-refractivity contribution in [3.8, 4) is 22.8 Å². The Kier molecular flexibility index (Phi) is 4.32. The van der Waals surface area contributed by atoms with Gasteiger partial charge in [0.2, 0.25) is 11.5 Å². The van der Waals surface area contributed by atoms with E-state index in [1.807, 2.05) is 4.72 Å². The van der Waals surface area contributed by atoms with E-state index in [1.165, 1.54) is 36.4 Å². The molecule has 0 radical (unpaired) electrons. The quantitative estimate of drug-likeness (QED) is 0.633. The van der Waals surface area contributed by atoms with Crippen LogP contribution in [0.15, 0.2) is 57.8 Å². The van der Waals surface area contributed by atoms with Crippen LogP contribution in [0.1, 0.15) is 0 Å². The lowest BCUT2D eigenvalue weighted by Crippen LogP contribution is -2.12. The van der Waals surface area contributed by atoms with E-state index in [2.05, 4.69) is 0 Å². The van der Waals surface area contributed by atoms with E-state index in [1.54, 1.807) is 6.07 Å². The first-order valence-electron chi connectivity index (χ1n) is 6.87. The molecule has 0 saturated carbocycles. The predicted octanol–water partition coefficient (Wildman–Crippen LogP) is 3.95. The molecule has 130 valence electrons. The second-order valence-corrected chi connectivity index (χ2v) is 7.12. The Balaban J connectivity index is 2.03. The molecule has 0 amide bonds. The fraction of sp³-hybridized carbons (Fsp3) is 0. The lowest BCUT2D eigenvalue weighted by Gasteiger charge is -2.05. The number of benzene rings is 2. The minimum Gasteiger partial charge on any atom is -0.502 e. The molecule has 0 atom stereocenters. The number of hydrogen-bond donors (Lipinski definition) is 3. The third kappa shape index (κ3) is 3.26. The van der Waals surface area contributed by atoms with Crippen molar-refractivity contribution in [2.24, 2.45) is 0 Å². The Morgan fingerprint density at radius 2 is 1.72 bits per heavy atom. The highest BCUT2D eigenvalue weighted by molar-refractivity contribution is 7.92. The maximum atomic E-state index is 14.0. The molecule has 0 spiro atoms. The zero-order valence-electron chi connectivity index (χ0n) is 12.4. The molecule has 0 saturated heterocycles. The molecule has 2 aromatic carbocycles. The minimum absolute atomic E-state index is 0.0792. The summed E-state index contributed by atoms with van der Waals surface area (Å²) in [4.78, 5) is -0.0792. The van der Waals surface area contributed by atoms with Crippen molar-refractivity contribution in [2.45, 2.75) is 4.90 Å². The summed E-state index contributed by atoms with van der Waals surface area (Å²) in [5.41, 5.74) is -0.192. The fourth-order valence-corrected chi connectivity index (χ4v) is 3.29. The summed E-state index contributed by atoms with van der Waals surface area (Å²) in [7, 11) is -4.07. The van der Waals surface area contributed by atoms with E-state index in [-0.39, 0.29) is 15.5 Å². The van der Waals surface area contributed by atoms with Gasteiger partial charge in [-0.2, -0.15) is 0 Å². The standard InChI is InChI=1S/C16H11ClFNO5S/c17-9-6-7-11(12(18)8-9)15-13(20)14(21)16(24-15)19-25(22,23)10-4-2-1-3-5-10/h1-8,19-21H. The van der Waals surface area contributed by atoms with Gasteiger partial charge in [0.25, 0.3) is 15.9 Å². The van der Waals surface area contributed by atoms with Gasteiger partial charge in [-0.25, -0.2) is 17.5 Å². The normalized spacial score (nSPS) is 11.4. The van der Waals surface area contributed by atoms with E-state index >= 15 is 0 Å². The van der Waals surface area contributed by atoms with Gasteiger partial charge in [-0.05, 0) is 30.3 Å². The molecule has 9 heteroatoms. The molecule has 0 aliphatic heterocycles. The molecule has 1 aromatic heterocycles. The van der Waals surface area contributed by atoms with Crippen LogP contribution in [-0.2, 0) is 10.0 Å². The Morgan fingerprint density at radius 1 is 1.04 bits per heavy atom. The van der Waals surface area contributed by atoms with Crippen LogP contribution in [0.25, 0.3) is 11.3 Å². The highest BCUT2D eigenvalue weighted by atomic mass is 35.5. The van der Waals surface area contributed by atoms with Crippen molar-refractivity contribution >= 4 is 27.5 Å². The summed E-state index contributed by atoms with van der Waals surface area (Å²) in [6.45, 7) is 0. The topological polar surface area (TPSA) is 99.8 Å². The van der Waals surface area contributed by atoms with Crippen LogP contribution in [0, 0.1) is 5.82 Å². The lowest BCUT2D eigenvalue weighted by atomic mass is 10.1. The smallest absolute Gasteiger partial charge is 0.264 e. The number of sulfonamides is 1. The van der Waals surface area contributed by atoms with Crippen LogP contribution in [0.3, 0.4) is 0 Å². The molecule has 3 N–H and O–H groups in total. The second kappa shape index (κ2) is 6.30. The molecule has 1 heterocycles. The average molecular weight is 384 g/mol. The molecule has 3 rings (SSSR count). The molecular formula is C16H11ClFNO5S. The molecule has 3 aromatic rings. The summed E-state index contributed by atoms with van der Waals surface area (Å²) >= 11 is 5.66. The largest absolute Gasteiger partial charge is 0.502 e. The van der Waals surface area contributed by atoms with E-state index in [4.69, 9.17) is 16.0 Å². The third-order valence-corrected chi connectivity index (χ3v) is 4.90. The third-order valence-electron chi connectivity index (χ3n) is 3.31. The van der Waals surface area contributed by atoms with Gasteiger partial charge < -0.3 is 14.6 Å². The Hall–Kier alpha value is -2.71. The number of rotatable bonds is 4. The first-order chi connectivity index (χ1) is 11.8. The summed E-state index contributed by atoms with van der Waals surface area (Å²) in [6, 6.07) is 10.9. The zero-order chi connectivity index (χ0) is 18.2. The first-order valence-corrected chi connectivity index (χ1v) is 8.73. The maximum absolute atomic E-state index is 14.0. The molecule has 0 aliphatic carbocycles. The summed E-state index contributed by atoms with van der Waals surface area (Å²) in [5, 5.41) is 20.0. The van der Waals surface area contributed by atoms with Crippen molar-refractivity contribution < 1.29 is 27.4 Å². The van der Waals surface area contributed by atoms with Gasteiger partial charge in [0, 0.05) is 5.02 Å². The molecule has 0 aliphatic rings. The van der Waals surface area contributed by atoms with Crippen molar-refractivity contribution in [3.63, 3.8) is 0 Å². The van der Waals surface area contributed by atoms with E-state index in [0.717, 1.165) is 6.07 Å². The van der Waals surface area contributed by atoms with Crippen LogP contribution in [-0.4, -0.2) is 18.6 Å². The van der Waals surface area contributed by atoms with Gasteiger partial charge in [0.05, 0.1) is 10.5 Å². The Bertz CT molecular complexity index is 1030. The number of halogens is 2. The van der Waals surface area contributed by atoms with Crippen LogP contribution in [0.2, 0.25) is 5.02 Å². The van der Waals surface area contributed by atoms with E-state index < -0.39 is 39.0 Å². The van der Waals surface area contributed by atoms with Crippen molar-refractivity contribution in [2.75, 3.05) is 4.72 Å². The number of furan rings is 1. The van der Waals surface area contributed by atoms with Gasteiger partial charge in [0.15, 0.2) is 5.76 Å².